The van der Waals surface area contributed by atoms with Crippen LogP contribution in [0.25, 0.3) is 0 Å². The zero-order valence-electron chi connectivity index (χ0n) is 8.82. The van der Waals surface area contributed by atoms with Crippen LogP contribution in [0.15, 0.2) is 0 Å². The third-order valence-electron chi connectivity index (χ3n) is 4.71. The van der Waals surface area contributed by atoms with Crippen LogP contribution in [0.3, 0.4) is 0 Å². The highest BCUT2D eigenvalue weighted by Gasteiger charge is 2.70. The van der Waals surface area contributed by atoms with E-state index in [4.69, 9.17) is 4.74 Å². The van der Waals surface area contributed by atoms with Gasteiger partial charge in [0.05, 0.1) is 12.5 Å². The Morgan fingerprint density at radius 2 is 2.29 bits per heavy atom. The van der Waals surface area contributed by atoms with Gasteiger partial charge in [0.15, 0.2) is 0 Å². The highest BCUT2D eigenvalue weighted by Crippen LogP contribution is 2.65. The van der Waals surface area contributed by atoms with Gasteiger partial charge in [0.1, 0.15) is 0 Å². The molecular weight excluding hydrogens is 178 g/mol. The van der Waals surface area contributed by atoms with Crippen molar-refractivity contribution in [1.29, 1.82) is 0 Å². The summed E-state index contributed by atoms with van der Waals surface area (Å²) in [6.45, 7) is 0. The molecule has 0 aromatic carbocycles. The number of nitrogens with zero attached hydrogens (tertiary/aromatic N) is 1. The standard InChI is InChI=1S/C11H17NO2/c1-12-8-3-4-9(12)11(10(13)14-2)6-7(11)5-8/h7-9H,3-6H2,1-2H3. The van der Waals surface area contributed by atoms with Crippen LogP contribution in [0.4, 0.5) is 0 Å². The van der Waals surface area contributed by atoms with Gasteiger partial charge in [-0.15, -0.1) is 0 Å². The predicted molar refractivity (Wildman–Crippen MR) is 51.7 cm³/mol. The Morgan fingerprint density at radius 1 is 1.50 bits per heavy atom. The van der Waals surface area contributed by atoms with Crippen molar-refractivity contribution in [3.8, 4) is 0 Å². The zero-order chi connectivity index (χ0) is 9.92. The molecule has 2 heterocycles. The van der Waals surface area contributed by atoms with E-state index in [-0.39, 0.29) is 11.4 Å². The molecule has 3 fully saturated rings. The number of hydrogen-bond donors (Lipinski definition) is 0. The van der Waals surface area contributed by atoms with Crippen LogP contribution in [0.5, 0.6) is 0 Å². The molecule has 0 radical (unpaired) electrons. The fourth-order valence-electron chi connectivity index (χ4n) is 3.87. The first-order valence-corrected chi connectivity index (χ1v) is 5.50. The van der Waals surface area contributed by atoms with Crippen molar-refractivity contribution in [3.05, 3.63) is 0 Å². The largest absolute Gasteiger partial charge is 0.469 e. The maximum Gasteiger partial charge on any atom is 0.313 e. The van der Waals surface area contributed by atoms with Gasteiger partial charge in [-0.1, -0.05) is 0 Å². The molecule has 0 amide bonds. The lowest BCUT2D eigenvalue weighted by molar-refractivity contribution is -0.151. The third kappa shape index (κ3) is 0.800. The van der Waals surface area contributed by atoms with Gasteiger partial charge >= 0.3 is 5.97 Å². The fraction of sp³-hybridized carbons (Fsp3) is 0.909. The average Bonchev–Trinajstić information content (AvgIpc) is 2.82. The van der Waals surface area contributed by atoms with Crippen LogP contribution in [0.2, 0.25) is 0 Å². The van der Waals surface area contributed by atoms with Crippen molar-refractivity contribution in [2.24, 2.45) is 11.3 Å². The Hall–Kier alpha value is -0.570. The molecule has 3 nitrogen and oxygen atoms in total. The zero-order valence-corrected chi connectivity index (χ0v) is 8.82. The van der Waals surface area contributed by atoms with Gasteiger partial charge in [-0.05, 0) is 38.6 Å². The number of ether oxygens (including phenoxy) is 1. The van der Waals surface area contributed by atoms with Crippen molar-refractivity contribution in [3.63, 3.8) is 0 Å². The molecule has 1 aliphatic carbocycles. The third-order valence-corrected chi connectivity index (χ3v) is 4.71. The first-order chi connectivity index (χ1) is 6.70. The van der Waals surface area contributed by atoms with Crippen LogP contribution in [-0.2, 0) is 9.53 Å². The van der Waals surface area contributed by atoms with Crippen molar-refractivity contribution < 1.29 is 9.53 Å². The summed E-state index contributed by atoms with van der Waals surface area (Å²) < 4.78 is 4.97. The van der Waals surface area contributed by atoms with Gasteiger partial charge in [0, 0.05) is 12.1 Å². The molecule has 2 bridgehead atoms. The van der Waals surface area contributed by atoms with Gasteiger partial charge < -0.3 is 4.74 Å². The van der Waals surface area contributed by atoms with Crippen molar-refractivity contribution >= 4 is 5.97 Å². The van der Waals surface area contributed by atoms with E-state index in [1.54, 1.807) is 0 Å². The Labute approximate surface area is 84.4 Å². The number of esters is 1. The molecule has 0 N–H and O–H groups in total. The quantitative estimate of drug-likeness (QED) is 0.585. The van der Waals surface area contributed by atoms with Crippen LogP contribution in [-0.4, -0.2) is 37.1 Å². The summed E-state index contributed by atoms with van der Waals surface area (Å²) in [7, 11) is 3.69. The minimum Gasteiger partial charge on any atom is -0.469 e. The predicted octanol–water partition coefficient (Wildman–Crippen LogP) is 1.03. The van der Waals surface area contributed by atoms with E-state index in [1.165, 1.54) is 26.4 Å². The van der Waals surface area contributed by atoms with Gasteiger partial charge in [0.2, 0.25) is 0 Å². The molecule has 3 heteroatoms. The second-order valence-electron chi connectivity index (χ2n) is 5.08. The summed E-state index contributed by atoms with van der Waals surface area (Å²) in [5, 5.41) is 0. The maximum atomic E-state index is 11.8. The summed E-state index contributed by atoms with van der Waals surface area (Å²) in [6.07, 6.45) is 4.75. The Morgan fingerprint density at radius 3 is 3.00 bits per heavy atom. The molecular formula is C11H17NO2. The van der Waals surface area contributed by atoms with Crippen LogP contribution in [0, 0.1) is 11.3 Å². The number of methoxy groups -OCH3 is 1. The molecule has 0 aromatic heterocycles. The Balaban J connectivity index is 1.93. The normalized spacial score (nSPS) is 50.0. The molecule has 3 rings (SSSR count). The van der Waals surface area contributed by atoms with E-state index in [1.807, 2.05) is 0 Å². The summed E-state index contributed by atoms with van der Waals surface area (Å²) in [4.78, 5) is 14.2. The van der Waals surface area contributed by atoms with E-state index in [0.29, 0.717) is 12.0 Å². The Bertz CT molecular complexity index is 291. The van der Waals surface area contributed by atoms with Crippen LogP contribution in [0.1, 0.15) is 25.7 Å². The molecule has 78 valence electrons. The molecule has 4 unspecified atom stereocenters. The van der Waals surface area contributed by atoms with Crippen molar-refractivity contribution in [2.45, 2.75) is 37.8 Å². The van der Waals surface area contributed by atoms with E-state index in [9.17, 15) is 4.79 Å². The fourth-order valence-corrected chi connectivity index (χ4v) is 3.87. The number of rotatable bonds is 1. The van der Waals surface area contributed by atoms with Gasteiger partial charge in [-0.25, -0.2) is 0 Å². The van der Waals surface area contributed by atoms with Crippen molar-refractivity contribution in [2.75, 3.05) is 14.2 Å². The summed E-state index contributed by atoms with van der Waals surface area (Å²) in [5.74, 6) is 0.670. The van der Waals surface area contributed by atoms with Gasteiger partial charge in [0.25, 0.3) is 0 Å². The monoisotopic (exact) mass is 195 g/mol. The minimum atomic E-state index is -0.101. The van der Waals surface area contributed by atoms with E-state index in [2.05, 4.69) is 11.9 Å². The lowest BCUT2D eigenvalue weighted by atomic mass is 9.89. The lowest BCUT2D eigenvalue weighted by Gasteiger charge is -2.35. The molecule has 0 spiro atoms. The SMILES string of the molecule is COC(=O)C12CC1CC1CCC2N1C. The smallest absolute Gasteiger partial charge is 0.313 e. The van der Waals surface area contributed by atoms with Crippen LogP contribution < -0.4 is 0 Å². The van der Waals surface area contributed by atoms with E-state index in [0.717, 1.165) is 12.5 Å². The van der Waals surface area contributed by atoms with Crippen LogP contribution >= 0.6 is 0 Å². The number of hydrogen-bond acceptors (Lipinski definition) is 3. The molecule has 3 aliphatic rings. The highest BCUT2D eigenvalue weighted by atomic mass is 16.5. The van der Waals surface area contributed by atoms with E-state index < -0.39 is 0 Å². The number of fused-ring (bicyclic) bond motifs is 4. The highest BCUT2D eigenvalue weighted by molar-refractivity contribution is 5.82. The molecule has 2 aliphatic heterocycles. The Kier molecular flexibility index (Phi) is 1.56. The van der Waals surface area contributed by atoms with Crippen molar-refractivity contribution in [1.82, 2.24) is 4.90 Å². The first-order valence-electron chi connectivity index (χ1n) is 5.50. The number of carbonyl (C=O) groups excluding carboxylic acids is 1. The first kappa shape index (κ1) is 8.72. The molecule has 14 heavy (non-hydrogen) atoms. The van der Waals surface area contributed by atoms with E-state index >= 15 is 0 Å². The lowest BCUT2D eigenvalue weighted by Crippen LogP contribution is -2.47. The molecule has 4 atom stereocenters. The van der Waals surface area contributed by atoms with Gasteiger partial charge in [-0.3, -0.25) is 9.69 Å². The summed E-state index contributed by atoms with van der Waals surface area (Å²) in [5.41, 5.74) is -0.101. The minimum absolute atomic E-state index is 0.0414. The second kappa shape index (κ2) is 2.51. The molecule has 0 aromatic rings. The topological polar surface area (TPSA) is 29.5 Å². The van der Waals surface area contributed by atoms with Gasteiger partial charge in [-0.2, -0.15) is 0 Å². The number of piperidine rings is 1. The molecule has 2 saturated heterocycles. The average molecular weight is 195 g/mol. The summed E-state index contributed by atoms with van der Waals surface area (Å²) >= 11 is 0. The summed E-state index contributed by atoms with van der Waals surface area (Å²) in [6, 6.07) is 1.21. The number of carbonyl (C=O) groups is 1. The second-order valence-corrected chi connectivity index (χ2v) is 5.08. The maximum absolute atomic E-state index is 11.8. The molecule has 1 saturated carbocycles.